The zero-order valence-corrected chi connectivity index (χ0v) is 13.8. The molecule has 0 amide bonds. The van der Waals surface area contributed by atoms with E-state index >= 15 is 0 Å². The molecule has 0 spiro atoms. The lowest BCUT2D eigenvalue weighted by molar-refractivity contribution is 0.269. The number of hydrogen-bond donors (Lipinski definition) is 3. The van der Waals surface area contributed by atoms with Gasteiger partial charge in [-0.1, -0.05) is 0 Å². The van der Waals surface area contributed by atoms with E-state index in [4.69, 9.17) is 5.11 Å². The zero-order chi connectivity index (χ0) is 19.4. The van der Waals surface area contributed by atoms with Gasteiger partial charge >= 0.3 is 0 Å². The van der Waals surface area contributed by atoms with Crippen LogP contribution in [-0.4, -0.2) is 31.5 Å². The second-order valence-corrected chi connectivity index (χ2v) is 5.43. The molecule has 27 heavy (non-hydrogen) atoms. The maximum Gasteiger partial charge on any atom is 0.229 e. The first kappa shape index (κ1) is 18.6. The number of aliphatic hydroxyl groups is 1. The minimum absolute atomic E-state index is 0.0162. The summed E-state index contributed by atoms with van der Waals surface area (Å²) in [5, 5.41) is 18.1. The molecule has 11 heteroatoms. The third-order valence-electron chi connectivity index (χ3n) is 3.50. The summed E-state index contributed by atoms with van der Waals surface area (Å²) in [4.78, 5) is 7.67. The van der Waals surface area contributed by atoms with Crippen molar-refractivity contribution in [2.75, 3.05) is 17.2 Å². The predicted octanol–water partition coefficient (Wildman–Crippen LogP) is 2.58. The Morgan fingerprint density at radius 2 is 1.78 bits per heavy atom. The molecule has 3 rings (SSSR count). The van der Waals surface area contributed by atoms with E-state index in [1.807, 2.05) is 0 Å². The van der Waals surface area contributed by atoms with Gasteiger partial charge in [-0.3, -0.25) is 4.68 Å². The third-order valence-corrected chi connectivity index (χ3v) is 3.50. The van der Waals surface area contributed by atoms with E-state index in [1.165, 1.54) is 10.9 Å². The van der Waals surface area contributed by atoms with Crippen LogP contribution in [0, 0.1) is 23.3 Å². The third kappa shape index (κ3) is 4.50. The van der Waals surface area contributed by atoms with E-state index in [2.05, 4.69) is 25.7 Å². The molecule has 0 radical (unpaired) electrons. The topological polar surface area (TPSA) is 87.9 Å². The molecule has 0 aliphatic carbocycles. The van der Waals surface area contributed by atoms with Crippen LogP contribution in [-0.2, 0) is 13.1 Å². The van der Waals surface area contributed by atoms with Crippen molar-refractivity contribution in [2.24, 2.45) is 0 Å². The number of aliphatic hydroxyl groups excluding tert-OH is 1. The zero-order valence-electron chi connectivity index (χ0n) is 13.8. The standard InChI is InChI=1S/C16H14F4N6O/c17-9-3-12(18)11(13(19)4-9)6-21-15-14(20)7-22-16(25-15)24-10-5-23-26(8-10)1-2-27/h3-5,7-8,27H,1-2,6H2,(H2,21,22,24,25). The first-order valence-electron chi connectivity index (χ1n) is 7.76. The van der Waals surface area contributed by atoms with Crippen molar-refractivity contribution >= 4 is 17.5 Å². The van der Waals surface area contributed by atoms with Crippen LogP contribution in [0.15, 0.2) is 30.7 Å². The highest BCUT2D eigenvalue weighted by molar-refractivity contribution is 5.52. The number of nitrogens with zero attached hydrogens (tertiary/aromatic N) is 4. The smallest absolute Gasteiger partial charge is 0.229 e. The molecule has 0 saturated carbocycles. The normalized spacial score (nSPS) is 10.9. The summed E-state index contributed by atoms with van der Waals surface area (Å²) in [5.41, 5.74) is 0.0471. The van der Waals surface area contributed by atoms with E-state index in [-0.39, 0.29) is 18.4 Å². The van der Waals surface area contributed by atoms with E-state index in [1.54, 1.807) is 6.20 Å². The first-order chi connectivity index (χ1) is 13.0. The van der Waals surface area contributed by atoms with Gasteiger partial charge in [0.2, 0.25) is 5.95 Å². The molecular weight excluding hydrogens is 368 g/mol. The van der Waals surface area contributed by atoms with Crippen molar-refractivity contribution < 1.29 is 22.7 Å². The van der Waals surface area contributed by atoms with E-state index in [0.29, 0.717) is 24.4 Å². The van der Waals surface area contributed by atoms with Crippen molar-refractivity contribution in [1.29, 1.82) is 0 Å². The molecule has 7 nitrogen and oxygen atoms in total. The summed E-state index contributed by atoms with van der Waals surface area (Å²) < 4.78 is 55.6. The Hall–Kier alpha value is -3.21. The predicted molar refractivity (Wildman–Crippen MR) is 88.2 cm³/mol. The van der Waals surface area contributed by atoms with Crippen LogP contribution in [0.4, 0.5) is 35.0 Å². The fraction of sp³-hybridized carbons (Fsp3) is 0.188. The number of halogens is 4. The molecule has 0 fully saturated rings. The Morgan fingerprint density at radius 1 is 1.04 bits per heavy atom. The Labute approximate surface area is 150 Å². The van der Waals surface area contributed by atoms with Gasteiger partial charge < -0.3 is 15.7 Å². The maximum atomic E-state index is 13.9. The van der Waals surface area contributed by atoms with E-state index in [0.717, 1.165) is 6.20 Å². The highest BCUT2D eigenvalue weighted by Gasteiger charge is 2.14. The fourth-order valence-corrected chi connectivity index (χ4v) is 2.25. The van der Waals surface area contributed by atoms with Crippen LogP contribution in [0.3, 0.4) is 0 Å². The molecule has 0 unspecified atom stereocenters. The van der Waals surface area contributed by atoms with Crippen LogP contribution in [0.5, 0.6) is 0 Å². The minimum atomic E-state index is -1.09. The molecule has 0 atom stereocenters. The summed E-state index contributed by atoms with van der Waals surface area (Å²) in [6.45, 7) is -0.230. The molecule has 0 saturated heterocycles. The van der Waals surface area contributed by atoms with E-state index in [9.17, 15) is 17.6 Å². The molecule has 3 N–H and O–H groups in total. The van der Waals surface area contributed by atoms with Crippen molar-refractivity contribution in [1.82, 2.24) is 19.7 Å². The largest absolute Gasteiger partial charge is 0.394 e. The molecule has 0 bridgehead atoms. The van der Waals surface area contributed by atoms with Gasteiger partial charge in [0.1, 0.15) is 17.5 Å². The quantitative estimate of drug-likeness (QED) is 0.545. The molecule has 142 valence electrons. The highest BCUT2D eigenvalue weighted by Crippen LogP contribution is 2.19. The van der Waals surface area contributed by atoms with Crippen molar-refractivity contribution in [3.05, 3.63) is 59.6 Å². The van der Waals surface area contributed by atoms with Gasteiger partial charge in [-0.2, -0.15) is 10.1 Å². The average Bonchev–Trinajstić information content (AvgIpc) is 3.04. The lowest BCUT2D eigenvalue weighted by Crippen LogP contribution is -2.09. The fourth-order valence-electron chi connectivity index (χ4n) is 2.25. The first-order valence-corrected chi connectivity index (χ1v) is 7.76. The summed E-state index contributed by atoms with van der Waals surface area (Å²) in [5.74, 6) is -4.34. The van der Waals surface area contributed by atoms with Gasteiger partial charge in [-0.25, -0.2) is 22.5 Å². The van der Waals surface area contributed by atoms with Crippen LogP contribution >= 0.6 is 0 Å². The highest BCUT2D eigenvalue weighted by atomic mass is 19.1. The van der Waals surface area contributed by atoms with Gasteiger partial charge in [0, 0.05) is 30.4 Å². The average molecular weight is 382 g/mol. The van der Waals surface area contributed by atoms with Gasteiger partial charge in [-0.15, -0.1) is 0 Å². The second kappa shape index (κ2) is 7.99. The molecule has 3 aromatic rings. The minimum Gasteiger partial charge on any atom is -0.394 e. The Bertz CT molecular complexity index is 925. The summed E-state index contributed by atoms with van der Waals surface area (Å²) in [6.07, 6.45) is 3.92. The summed E-state index contributed by atoms with van der Waals surface area (Å²) in [6, 6.07) is 1.07. The van der Waals surface area contributed by atoms with Gasteiger partial charge in [0.15, 0.2) is 11.6 Å². The molecule has 2 aromatic heterocycles. The van der Waals surface area contributed by atoms with Crippen molar-refractivity contribution in [2.45, 2.75) is 13.1 Å². The Kier molecular flexibility index (Phi) is 5.50. The van der Waals surface area contributed by atoms with Crippen LogP contribution in [0.25, 0.3) is 0 Å². The lowest BCUT2D eigenvalue weighted by atomic mass is 10.2. The van der Waals surface area contributed by atoms with Crippen LogP contribution < -0.4 is 10.6 Å². The van der Waals surface area contributed by atoms with Gasteiger partial charge in [0.25, 0.3) is 0 Å². The molecule has 0 aliphatic rings. The number of hydrogen-bond acceptors (Lipinski definition) is 6. The Balaban J connectivity index is 1.73. The van der Waals surface area contributed by atoms with Crippen molar-refractivity contribution in [3.8, 4) is 0 Å². The molecule has 0 aliphatic heterocycles. The molecular formula is C16H14F4N6O. The number of anilines is 3. The second-order valence-electron chi connectivity index (χ2n) is 5.43. The SMILES string of the molecule is OCCn1cc(Nc2ncc(F)c(NCc3c(F)cc(F)cc3F)n2)cn1. The lowest BCUT2D eigenvalue weighted by Gasteiger charge is -2.10. The molecule has 2 heterocycles. The monoisotopic (exact) mass is 382 g/mol. The van der Waals surface area contributed by atoms with Crippen LogP contribution in [0.2, 0.25) is 0 Å². The summed E-state index contributed by atoms with van der Waals surface area (Å²) in [7, 11) is 0. The van der Waals surface area contributed by atoms with Gasteiger partial charge in [-0.05, 0) is 0 Å². The van der Waals surface area contributed by atoms with Crippen LogP contribution in [0.1, 0.15) is 5.56 Å². The maximum absolute atomic E-state index is 13.9. The number of aromatic nitrogens is 4. The summed E-state index contributed by atoms with van der Waals surface area (Å²) >= 11 is 0. The Morgan fingerprint density at radius 3 is 2.48 bits per heavy atom. The number of rotatable bonds is 7. The van der Waals surface area contributed by atoms with Crippen molar-refractivity contribution in [3.63, 3.8) is 0 Å². The number of benzene rings is 1. The van der Waals surface area contributed by atoms with E-state index < -0.39 is 35.4 Å². The van der Waals surface area contributed by atoms with Gasteiger partial charge in [0.05, 0.1) is 31.2 Å². The number of nitrogens with one attached hydrogen (secondary N) is 2. The molecule has 1 aromatic carbocycles.